The molecule has 1 atom stereocenters. The van der Waals surface area contributed by atoms with E-state index in [1.807, 2.05) is 30.3 Å². The Bertz CT molecular complexity index is 2340. The maximum atomic E-state index is 6.58. The van der Waals surface area contributed by atoms with Gasteiger partial charge in [-0.15, -0.1) is 0 Å². The average Bonchev–Trinajstić information content (AvgIpc) is 3.61. The summed E-state index contributed by atoms with van der Waals surface area (Å²) in [5.41, 5.74) is 5.79. The van der Waals surface area contributed by atoms with Gasteiger partial charge in [-0.25, -0.2) is 4.99 Å². The lowest BCUT2D eigenvalue weighted by Crippen LogP contribution is -2.35. The molecule has 0 radical (unpaired) electrons. The van der Waals surface area contributed by atoms with Crippen molar-refractivity contribution in [3.8, 4) is 0 Å². The number of rotatable bonds is 2. The van der Waals surface area contributed by atoms with Gasteiger partial charge in [-0.1, -0.05) is 109 Å². The fraction of sp³-hybridized carbons (Fsp3) is 0.0270. The molecule has 5 nitrogen and oxygen atoms in total. The highest BCUT2D eigenvalue weighted by atomic mass is 16.3. The molecule has 1 aliphatic rings. The van der Waals surface area contributed by atoms with Crippen molar-refractivity contribution in [1.82, 2.24) is 9.88 Å². The van der Waals surface area contributed by atoms with E-state index in [0.29, 0.717) is 5.96 Å². The predicted octanol–water partition coefficient (Wildman–Crippen LogP) is 8.80. The standard InChI is InChI=1S/C37H24N4O/c1-2-12-23(13-3-1)35-38-36(40-37(39-35)41-30-19-9-6-16-26(30)27-17-7-10-20-31(27)41)29-22-24-14-4-5-15-25(24)33-28-18-8-11-21-32(28)42-34(29)33/h1-22,35H,(H,38,39,40). The van der Waals surface area contributed by atoms with Crippen LogP contribution in [0.2, 0.25) is 0 Å². The van der Waals surface area contributed by atoms with Crippen LogP contribution in [0.15, 0.2) is 148 Å². The summed E-state index contributed by atoms with van der Waals surface area (Å²) >= 11 is 0. The first-order chi connectivity index (χ1) is 20.8. The van der Waals surface area contributed by atoms with E-state index < -0.39 is 0 Å². The highest BCUT2D eigenvalue weighted by Crippen LogP contribution is 2.38. The van der Waals surface area contributed by atoms with E-state index in [0.717, 1.165) is 60.7 Å². The summed E-state index contributed by atoms with van der Waals surface area (Å²) in [5.74, 6) is 1.36. The minimum absolute atomic E-state index is 0.334. The zero-order valence-electron chi connectivity index (χ0n) is 22.5. The molecule has 2 aromatic heterocycles. The van der Waals surface area contributed by atoms with Gasteiger partial charge >= 0.3 is 0 Å². The Morgan fingerprint density at radius 1 is 0.619 bits per heavy atom. The van der Waals surface area contributed by atoms with Crippen LogP contribution in [0.5, 0.6) is 0 Å². The Kier molecular flexibility index (Phi) is 4.90. The molecule has 0 saturated carbocycles. The second-order valence-corrected chi connectivity index (χ2v) is 10.7. The largest absolute Gasteiger partial charge is 0.455 e. The van der Waals surface area contributed by atoms with Gasteiger partial charge < -0.3 is 9.73 Å². The topological polar surface area (TPSA) is 54.8 Å². The minimum atomic E-state index is -0.334. The number of hydrogen-bond acceptors (Lipinski definition) is 4. The third-order valence-corrected chi connectivity index (χ3v) is 8.25. The SMILES string of the molecule is c1ccc(C2N=C(n3c4ccccc4c4ccccc43)N=C(c3cc4ccccc4c4c3oc3ccccc34)N2)cc1. The molecule has 198 valence electrons. The van der Waals surface area contributed by atoms with Crippen molar-refractivity contribution in [1.29, 1.82) is 0 Å². The van der Waals surface area contributed by atoms with Gasteiger partial charge in [0.05, 0.1) is 16.6 Å². The van der Waals surface area contributed by atoms with Gasteiger partial charge in [0.15, 0.2) is 0 Å². The maximum absolute atomic E-state index is 6.58. The van der Waals surface area contributed by atoms with Gasteiger partial charge in [0.25, 0.3) is 0 Å². The third kappa shape index (κ3) is 3.37. The van der Waals surface area contributed by atoms with Gasteiger partial charge in [-0.3, -0.25) is 4.57 Å². The molecule has 1 unspecified atom stereocenters. The lowest BCUT2D eigenvalue weighted by molar-refractivity contribution is 0.657. The first kappa shape index (κ1) is 23.1. The lowest BCUT2D eigenvalue weighted by Gasteiger charge is -2.24. The van der Waals surface area contributed by atoms with Crippen LogP contribution in [0.1, 0.15) is 17.3 Å². The van der Waals surface area contributed by atoms with Crippen molar-refractivity contribution < 1.29 is 4.42 Å². The summed E-state index contributed by atoms with van der Waals surface area (Å²) in [6, 6.07) is 46.1. The number of amidine groups is 1. The molecule has 0 fully saturated rings. The fourth-order valence-electron chi connectivity index (χ4n) is 6.37. The van der Waals surface area contributed by atoms with E-state index in [-0.39, 0.29) is 6.17 Å². The molecule has 5 heteroatoms. The zero-order valence-corrected chi connectivity index (χ0v) is 22.5. The first-order valence-electron chi connectivity index (χ1n) is 14.1. The molecule has 0 aliphatic carbocycles. The van der Waals surface area contributed by atoms with Crippen LogP contribution in [0.3, 0.4) is 0 Å². The zero-order chi connectivity index (χ0) is 27.6. The van der Waals surface area contributed by atoms with E-state index in [9.17, 15) is 0 Å². The van der Waals surface area contributed by atoms with E-state index >= 15 is 0 Å². The smallest absolute Gasteiger partial charge is 0.234 e. The Hall–Kier alpha value is -5.68. The summed E-state index contributed by atoms with van der Waals surface area (Å²) in [6.45, 7) is 0. The number of para-hydroxylation sites is 3. The number of nitrogens with one attached hydrogen (secondary N) is 1. The summed E-state index contributed by atoms with van der Waals surface area (Å²) < 4.78 is 8.76. The molecular formula is C37H24N4O. The Morgan fingerprint density at radius 2 is 1.24 bits per heavy atom. The Morgan fingerprint density at radius 3 is 2.00 bits per heavy atom. The summed E-state index contributed by atoms with van der Waals surface area (Å²) in [6.07, 6.45) is -0.334. The van der Waals surface area contributed by atoms with E-state index in [4.69, 9.17) is 14.4 Å². The Labute approximate surface area is 241 Å². The summed E-state index contributed by atoms with van der Waals surface area (Å²) in [7, 11) is 0. The molecule has 1 N–H and O–H groups in total. The number of benzene rings is 6. The van der Waals surface area contributed by atoms with Gasteiger partial charge in [0, 0.05) is 21.5 Å². The minimum Gasteiger partial charge on any atom is -0.455 e. The van der Waals surface area contributed by atoms with Crippen LogP contribution < -0.4 is 5.32 Å². The van der Waals surface area contributed by atoms with Gasteiger partial charge in [0.1, 0.15) is 23.2 Å². The Balaban J connectivity index is 1.36. The number of aromatic nitrogens is 1. The molecule has 0 bridgehead atoms. The molecule has 0 amide bonds. The van der Waals surface area contributed by atoms with E-state index in [1.165, 1.54) is 10.8 Å². The van der Waals surface area contributed by atoms with Crippen LogP contribution in [0.25, 0.3) is 54.5 Å². The first-order valence-corrected chi connectivity index (χ1v) is 14.1. The van der Waals surface area contributed by atoms with Crippen molar-refractivity contribution >= 4 is 66.3 Å². The van der Waals surface area contributed by atoms with Crippen LogP contribution in [-0.2, 0) is 0 Å². The molecule has 3 heterocycles. The number of furan rings is 1. The van der Waals surface area contributed by atoms with Crippen molar-refractivity contribution in [2.24, 2.45) is 9.98 Å². The second kappa shape index (κ2) is 8.91. The molecule has 8 aromatic rings. The second-order valence-electron chi connectivity index (χ2n) is 10.7. The van der Waals surface area contributed by atoms with Crippen molar-refractivity contribution in [2.75, 3.05) is 0 Å². The molecule has 6 aromatic carbocycles. The third-order valence-electron chi connectivity index (χ3n) is 8.25. The molecule has 0 spiro atoms. The lowest BCUT2D eigenvalue weighted by atomic mass is 9.99. The normalized spacial score (nSPS) is 15.4. The quantitative estimate of drug-likeness (QED) is 0.238. The fourth-order valence-corrected chi connectivity index (χ4v) is 6.37. The summed E-state index contributed by atoms with van der Waals surface area (Å²) in [5, 5.41) is 10.5. The van der Waals surface area contributed by atoms with Crippen LogP contribution in [0.4, 0.5) is 0 Å². The average molecular weight is 541 g/mol. The predicted molar refractivity (Wildman–Crippen MR) is 172 cm³/mol. The number of nitrogens with zero attached hydrogens (tertiary/aromatic N) is 3. The maximum Gasteiger partial charge on any atom is 0.234 e. The van der Waals surface area contributed by atoms with Crippen LogP contribution in [-0.4, -0.2) is 16.4 Å². The number of fused-ring (bicyclic) bond motifs is 8. The highest BCUT2D eigenvalue weighted by molar-refractivity contribution is 6.26. The molecule has 1 aliphatic heterocycles. The van der Waals surface area contributed by atoms with Crippen LogP contribution >= 0.6 is 0 Å². The highest BCUT2D eigenvalue weighted by Gasteiger charge is 2.26. The van der Waals surface area contributed by atoms with E-state index in [1.54, 1.807) is 0 Å². The van der Waals surface area contributed by atoms with E-state index in [2.05, 4.69) is 113 Å². The summed E-state index contributed by atoms with van der Waals surface area (Å²) in [4.78, 5) is 10.5. The van der Waals surface area contributed by atoms with Crippen molar-refractivity contribution in [3.63, 3.8) is 0 Å². The molecule has 0 saturated heterocycles. The van der Waals surface area contributed by atoms with Gasteiger partial charge in [-0.2, -0.15) is 4.99 Å². The number of aliphatic imine (C=N–C) groups is 2. The van der Waals surface area contributed by atoms with Crippen molar-refractivity contribution in [2.45, 2.75) is 6.17 Å². The molecular weight excluding hydrogens is 516 g/mol. The monoisotopic (exact) mass is 540 g/mol. The number of hydrogen-bond donors (Lipinski definition) is 1. The molecule has 42 heavy (non-hydrogen) atoms. The molecule has 9 rings (SSSR count). The van der Waals surface area contributed by atoms with Gasteiger partial charge in [-0.05, 0) is 40.6 Å². The van der Waals surface area contributed by atoms with Gasteiger partial charge in [0.2, 0.25) is 5.96 Å². The van der Waals surface area contributed by atoms with Crippen molar-refractivity contribution in [3.05, 3.63) is 145 Å². The van der Waals surface area contributed by atoms with Crippen LogP contribution in [0, 0.1) is 0 Å².